The summed E-state index contributed by atoms with van der Waals surface area (Å²) in [7, 11) is -3.84. The summed E-state index contributed by atoms with van der Waals surface area (Å²) >= 11 is 0. The highest BCUT2D eigenvalue weighted by Gasteiger charge is 2.27. The van der Waals surface area contributed by atoms with Gasteiger partial charge in [0.05, 0.1) is 4.90 Å². The summed E-state index contributed by atoms with van der Waals surface area (Å²) in [6.45, 7) is 6.34. The molecule has 0 heterocycles. The molecule has 0 spiro atoms. The van der Waals surface area contributed by atoms with Gasteiger partial charge in [-0.25, -0.2) is 13.1 Å². The van der Waals surface area contributed by atoms with Crippen LogP contribution in [0.4, 0.5) is 5.69 Å². The molecule has 1 aromatic carbocycles. The molecule has 0 unspecified atom stereocenters. The number of benzene rings is 1. The minimum atomic E-state index is -3.84. The average molecular weight is 342 g/mol. The number of sulfonamides is 1. The van der Waals surface area contributed by atoms with E-state index in [2.05, 4.69) is 10.0 Å². The molecule has 0 aliphatic heterocycles. The zero-order chi connectivity index (χ0) is 17.8. The third-order valence-corrected chi connectivity index (χ3v) is 4.90. The van der Waals surface area contributed by atoms with Crippen molar-refractivity contribution in [3.63, 3.8) is 0 Å². The van der Waals surface area contributed by atoms with Crippen LogP contribution in [0.5, 0.6) is 0 Å². The Bertz CT molecular complexity index is 711. The highest BCUT2D eigenvalue weighted by Crippen LogP contribution is 2.22. The van der Waals surface area contributed by atoms with Gasteiger partial charge in [-0.15, -0.1) is 0 Å². The van der Waals surface area contributed by atoms with Crippen LogP contribution < -0.4 is 10.0 Å². The fourth-order valence-corrected chi connectivity index (χ4v) is 3.45. The number of aryl methyl sites for hydroxylation is 1. The maximum Gasteiger partial charge on any atom is 0.303 e. The second kappa shape index (κ2) is 7.10. The Morgan fingerprint density at radius 3 is 2.39 bits per heavy atom. The van der Waals surface area contributed by atoms with Gasteiger partial charge in [0.1, 0.15) is 0 Å². The fraction of sp³-hybridized carbons (Fsp3) is 0.467. The number of carboxylic acids is 1. The Hall–Kier alpha value is -1.93. The van der Waals surface area contributed by atoms with Gasteiger partial charge in [0.15, 0.2) is 0 Å². The predicted molar refractivity (Wildman–Crippen MR) is 86.8 cm³/mol. The summed E-state index contributed by atoms with van der Waals surface area (Å²) in [5, 5.41) is 11.3. The molecule has 0 bridgehead atoms. The van der Waals surface area contributed by atoms with E-state index >= 15 is 0 Å². The SMILES string of the molecule is CC(=O)Nc1cc(S(=O)(=O)NC(C)(C)CCC(=O)O)ccc1C. The molecule has 1 rings (SSSR count). The first-order chi connectivity index (χ1) is 10.4. The van der Waals surface area contributed by atoms with Crippen LogP contribution in [-0.4, -0.2) is 30.9 Å². The predicted octanol–water partition coefficient (Wildman–Crippen LogP) is 1.88. The van der Waals surface area contributed by atoms with E-state index in [-0.39, 0.29) is 23.6 Å². The molecule has 8 heteroatoms. The zero-order valence-electron chi connectivity index (χ0n) is 13.6. The molecule has 0 saturated heterocycles. The first-order valence-electron chi connectivity index (χ1n) is 7.07. The van der Waals surface area contributed by atoms with Crippen LogP contribution in [-0.2, 0) is 19.6 Å². The molecule has 0 radical (unpaired) electrons. The smallest absolute Gasteiger partial charge is 0.303 e. The maximum absolute atomic E-state index is 12.5. The molecule has 0 atom stereocenters. The van der Waals surface area contributed by atoms with E-state index in [1.54, 1.807) is 26.8 Å². The summed E-state index contributed by atoms with van der Waals surface area (Å²) in [5.74, 6) is -1.28. The molecule has 0 aliphatic carbocycles. The van der Waals surface area contributed by atoms with Crippen molar-refractivity contribution < 1.29 is 23.1 Å². The van der Waals surface area contributed by atoms with Crippen molar-refractivity contribution in [3.8, 4) is 0 Å². The largest absolute Gasteiger partial charge is 0.481 e. The van der Waals surface area contributed by atoms with Crippen molar-refractivity contribution in [2.24, 2.45) is 0 Å². The van der Waals surface area contributed by atoms with Gasteiger partial charge in [-0.3, -0.25) is 9.59 Å². The molecule has 0 saturated carbocycles. The van der Waals surface area contributed by atoms with Crippen molar-refractivity contribution in [3.05, 3.63) is 23.8 Å². The van der Waals surface area contributed by atoms with Crippen LogP contribution in [0.25, 0.3) is 0 Å². The summed E-state index contributed by atoms with van der Waals surface area (Å²) in [5.41, 5.74) is 0.254. The minimum absolute atomic E-state index is 0.00949. The Morgan fingerprint density at radius 2 is 1.87 bits per heavy atom. The maximum atomic E-state index is 12.5. The molecule has 0 aromatic heterocycles. The average Bonchev–Trinajstić information content (AvgIpc) is 2.37. The van der Waals surface area contributed by atoms with E-state index in [4.69, 9.17) is 5.11 Å². The van der Waals surface area contributed by atoms with E-state index in [1.165, 1.54) is 19.1 Å². The molecule has 1 amide bonds. The van der Waals surface area contributed by atoms with Gasteiger partial charge < -0.3 is 10.4 Å². The van der Waals surface area contributed by atoms with Crippen LogP contribution in [0.1, 0.15) is 39.2 Å². The first-order valence-corrected chi connectivity index (χ1v) is 8.55. The quantitative estimate of drug-likeness (QED) is 0.700. The van der Waals surface area contributed by atoms with Gasteiger partial charge in [0.25, 0.3) is 0 Å². The van der Waals surface area contributed by atoms with Crippen LogP contribution in [0.15, 0.2) is 23.1 Å². The molecule has 3 N–H and O–H groups in total. The number of carboxylic acid groups (broad SMARTS) is 1. The molecular formula is C15H22N2O5S. The van der Waals surface area contributed by atoms with Gasteiger partial charge in [-0.1, -0.05) is 6.07 Å². The van der Waals surface area contributed by atoms with E-state index in [9.17, 15) is 18.0 Å². The lowest BCUT2D eigenvalue weighted by atomic mass is 10.0. The number of carbonyl (C=O) groups excluding carboxylic acids is 1. The van der Waals surface area contributed by atoms with Crippen molar-refractivity contribution in [2.75, 3.05) is 5.32 Å². The second-order valence-corrected chi connectivity index (χ2v) is 7.72. The lowest BCUT2D eigenvalue weighted by molar-refractivity contribution is -0.137. The molecule has 23 heavy (non-hydrogen) atoms. The highest BCUT2D eigenvalue weighted by atomic mass is 32.2. The molecule has 0 aliphatic rings. The molecule has 7 nitrogen and oxygen atoms in total. The van der Waals surface area contributed by atoms with Crippen molar-refractivity contribution >= 4 is 27.6 Å². The standard InChI is InChI=1S/C15H22N2O5S/c1-10-5-6-12(9-13(10)16-11(2)18)23(21,22)17-15(3,4)8-7-14(19)20/h5-6,9,17H,7-8H2,1-4H3,(H,16,18)(H,19,20). The Kier molecular flexibility index (Phi) is 5.90. The summed E-state index contributed by atoms with van der Waals surface area (Å²) < 4.78 is 27.4. The van der Waals surface area contributed by atoms with Crippen LogP contribution in [0.3, 0.4) is 0 Å². The van der Waals surface area contributed by atoms with Gasteiger partial charge >= 0.3 is 5.97 Å². The zero-order valence-corrected chi connectivity index (χ0v) is 14.5. The fourth-order valence-electron chi connectivity index (χ4n) is 1.99. The molecule has 1 aromatic rings. The van der Waals surface area contributed by atoms with Crippen LogP contribution in [0.2, 0.25) is 0 Å². The number of hydrogen-bond acceptors (Lipinski definition) is 4. The Labute approximate surface area is 136 Å². The lowest BCUT2D eigenvalue weighted by Crippen LogP contribution is -2.43. The number of aliphatic carboxylic acids is 1. The molecule has 0 fully saturated rings. The Balaban J connectivity index is 3.04. The van der Waals surface area contributed by atoms with E-state index in [0.29, 0.717) is 5.69 Å². The third-order valence-electron chi connectivity index (χ3n) is 3.20. The minimum Gasteiger partial charge on any atom is -0.481 e. The van der Waals surface area contributed by atoms with Crippen molar-refractivity contribution in [1.82, 2.24) is 4.72 Å². The third kappa shape index (κ3) is 5.99. The highest BCUT2D eigenvalue weighted by molar-refractivity contribution is 7.89. The summed E-state index contributed by atoms with van der Waals surface area (Å²) in [4.78, 5) is 21.8. The van der Waals surface area contributed by atoms with Crippen molar-refractivity contribution in [2.45, 2.75) is 51.0 Å². The van der Waals surface area contributed by atoms with Gasteiger partial charge in [-0.05, 0) is 44.9 Å². The number of carbonyl (C=O) groups is 2. The number of anilines is 1. The van der Waals surface area contributed by atoms with Crippen LogP contribution in [0, 0.1) is 6.92 Å². The van der Waals surface area contributed by atoms with Gasteiger partial charge in [0, 0.05) is 24.6 Å². The number of hydrogen-bond donors (Lipinski definition) is 3. The van der Waals surface area contributed by atoms with Crippen LogP contribution >= 0.6 is 0 Å². The number of amides is 1. The van der Waals surface area contributed by atoms with E-state index in [1.807, 2.05) is 0 Å². The monoisotopic (exact) mass is 342 g/mol. The normalized spacial score (nSPS) is 12.0. The molecule has 128 valence electrons. The topological polar surface area (TPSA) is 113 Å². The van der Waals surface area contributed by atoms with Gasteiger partial charge in [0.2, 0.25) is 15.9 Å². The number of nitrogens with one attached hydrogen (secondary N) is 2. The molecular weight excluding hydrogens is 320 g/mol. The summed E-state index contributed by atoms with van der Waals surface area (Å²) in [6.07, 6.45) is 0.0204. The summed E-state index contributed by atoms with van der Waals surface area (Å²) in [6, 6.07) is 4.42. The lowest BCUT2D eigenvalue weighted by Gasteiger charge is -2.25. The van der Waals surface area contributed by atoms with E-state index < -0.39 is 21.5 Å². The number of rotatable bonds is 7. The second-order valence-electron chi connectivity index (χ2n) is 6.04. The van der Waals surface area contributed by atoms with Crippen molar-refractivity contribution in [1.29, 1.82) is 0 Å². The van der Waals surface area contributed by atoms with Gasteiger partial charge in [-0.2, -0.15) is 0 Å². The first kappa shape index (κ1) is 19.1. The van der Waals surface area contributed by atoms with E-state index in [0.717, 1.165) is 5.56 Å². The Morgan fingerprint density at radius 1 is 1.26 bits per heavy atom.